The van der Waals surface area contributed by atoms with Gasteiger partial charge in [0.1, 0.15) is 9.84 Å². The zero-order valence-corrected chi connectivity index (χ0v) is 12.3. The van der Waals surface area contributed by atoms with Gasteiger partial charge in [0.25, 0.3) is 0 Å². The van der Waals surface area contributed by atoms with Gasteiger partial charge in [-0.3, -0.25) is 0 Å². The Morgan fingerprint density at radius 1 is 1.42 bits per heavy atom. The fourth-order valence-corrected chi connectivity index (χ4v) is 2.22. The van der Waals surface area contributed by atoms with Crippen LogP contribution < -0.4 is 10.1 Å². The van der Waals surface area contributed by atoms with E-state index in [1.54, 1.807) is 19.2 Å². The van der Waals surface area contributed by atoms with E-state index in [1.165, 1.54) is 12.3 Å². The third kappa shape index (κ3) is 5.57. The van der Waals surface area contributed by atoms with Crippen LogP contribution in [-0.4, -0.2) is 34.1 Å². The summed E-state index contributed by atoms with van der Waals surface area (Å²) in [5.74, 6) is -0.233. The van der Waals surface area contributed by atoms with Crippen molar-refractivity contribution in [3.8, 4) is 5.75 Å². The molecule has 4 nitrogen and oxygen atoms in total. The number of ether oxygens (including phenoxy) is 1. The maximum absolute atomic E-state index is 13.7. The highest BCUT2D eigenvalue weighted by atomic mass is 32.2. The molecule has 0 aliphatic heterocycles. The van der Waals surface area contributed by atoms with E-state index in [9.17, 15) is 12.8 Å². The van der Waals surface area contributed by atoms with Crippen molar-refractivity contribution in [1.29, 1.82) is 0 Å². The molecule has 0 radical (unpaired) electrons. The molecule has 0 aliphatic carbocycles. The second kappa shape index (κ2) is 6.86. The van der Waals surface area contributed by atoms with Gasteiger partial charge in [-0.05, 0) is 38.1 Å². The maximum Gasteiger partial charge on any atom is 0.165 e. The van der Waals surface area contributed by atoms with Gasteiger partial charge >= 0.3 is 0 Å². The van der Waals surface area contributed by atoms with Gasteiger partial charge in [-0.15, -0.1) is 0 Å². The van der Waals surface area contributed by atoms with Gasteiger partial charge in [0, 0.05) is 12.3 Å². The van der Waals surface area contributed by atoms with Gasteiger partial charge in [-0.25, -0.2) is 12.8 Å². The predicted octanol–water partition coefficient (Wildman–Crippen LogP) is 1.92. The molecule has 0 heterocycles. The molecule has 0 aliphatic rings. The van der Waals surface area contributed by atoms with E-state index in [1.807, 2.05) is 6.92 Å². The molecular weight excluding hydrogens is 269 g/mol. The zero-order valence-electron chi connectivity index (χ0n) is 11.4. The average Bonchev–Trinajstić information content (AvgIpc) is 2.33. The lowest BCUT2D eigenvalue weighted by Gasteiger charge is -2.12. The number of hydrogen-bond donors (Lipinski definition) is 1. The highest BCUT2D eigenvalue weighted by Gasteiger charge is 2.09. The van der Waals surface area contributed by atoms with E-state index < -0.39 is 15.7 Å². The average molecular weight is 289 g/mol. The first-order chi connectivity index (χ1) is 8.83. The number of rotatable bonds is 7. The summed E-state index contributed by atoms with van der Waals surface area (Å²) in [6.45, 7) is 2.12. The fraction of sp³-hybridized carbons (Fsp3) is 0.538. The van der Waals surface area contributed by atoms with Crippen LogP contribution in [0.1, 0.15) is 24.9 Å². The van der Waals surface area contributed by atoms with Crippen LogP contribution in [0.5, 0.6) is 5.75 Å². The third-order valence-corrected chi connectivity index (χ3v) is 3.84. The normalized spacial score (nSPS) is 13.3. The van der Waals surface area contributed by atoms with Crippen molar-refractivity contribution < 1.29 is 17.5 Å². The summed E-state index contributed by atoms with van der Waals surface area (Å²) in [6.07, 6.45) is 1.52. The highest BCUT2D eigenvalue weighted by molar-refractivity contribution is 7.90. The van der Waals surface area contributed by atoms with Crippen molar-refractivity contribution in [3.63, 3.8) is 0 Å². The molecule has 1 unspecified atom stereocenters. The Morgan fingerprint density at radius 2 is 2.11 bits per heavy atom. The van der Waals surface area contributed by atoms with Crippen LogP contribution in [0, 0.1) is 5.82 Å². The van der Waals surface area contributed by atoms with Crippen LogP contribution in [0.3, 0.4) is 0 Å². The largest absolute Gasteiger partial charge is 0.490 e. The molecule has 1 aromatic carbocycles. The predicted molar refractivity (Wildman–Crippen MR) is 73.7 cm³/mol. The van der Waals surface area contributed by atoms with E-state index in [0.717, 1.165) is 5.56 Å². The summed E-state index contributed by atoms with van der Waals surface area (Å²) < 4.78 is 40.8. The zero-order chi connectivity index (χ0) is 14.5. The molecule has 19 heavy (non-hydrogen) atoms. The first kappa shape index (κ1) is 15.9. The number of hydrogen-bond acceptors (Lipinski definition) is 4. The Balaban J connectivity index is 2.56. The topological polar surface area (TPSA) is 55.4 Å². The molecule has 6 heteroatoms. The van der Waals surface area contributed by atoms with Gasteiger partial charge in [0.2, 0.25) is 0 Å². The van der Waals surface area contributed by atoms with Crippen molar-refractivity contribution in [2.75, 3.05) is 25.7 Å². The first-order valence-electron chi connectivity index (χ1n) is 6.10. The quantitative estimate of drug-likeness (QED) is 0.779. The number of halogens is 1. The highest BCUT2D eigenvalue weighted by Crippen LogP contribution is 2.22. The van der Waals surface area contributed by atoms with Gasteiger partial charge in [0.05, 0.1) is 12.4 Å². The van der Waals surface area contributed by atoms with Gasteiger partial charge in [-0.1, -0.05) is 6.07 Å². The Morgan fingerprint density at radius 3 is 2.63 bits per heavy atom. The van der Waals surface area contributed by atoms with Crippen molar-refractivity contribution in [1.82, 2.24) is 5.32 Å². The van der Waals surface area contributed by atoms with Crippen LogP contribution in [0.4, 0.5) is 4.39 Å². The number of sulfone groups is 1. The second-order valence-electron chi connectivity index (χ2n) is 4.53. The number of benzene rings is 1. The maximum atomic E-state index is 13.7. The van der Waals surface area contributed by atoms with E-state index in [-0.39, 0.29) is 24.2 Å². The van der Waals surface area contributed by atoms with Crippen LogP contribution in [0.2, 0.25) is 0 Å². The van der Waals surface area contributed by atoms with Gasteiger partial charge in [0.15, 0.2) is 11.6 Å². The van der Waals surface area contributed by atoms with E-state index in [2.05, 4.69) is 5.32 Å². The Hall–Kier alpha value is -1.14. The number of nitrogens with one attached hydrogen (secondary N) is 1. The summed E-state index contributed by atoms with van der Waals surface area (Å²) in [7, 11) is -1.19. The Kier molecular flexibility index (Phi) is 5.75. The molecule has 1 N–H and O–H groups in total. The molecule has 0 aromatic heterocycles. The van der Waals surface area contributed by atoms with E-state index >= 15 is 0 Å². The second-order valence-corrected chi connectivity index (χ2v) is 6.79. The molecule has 0 amide bonds. The van der Waals surface area contributed by atoms with Crippen LogP contribution in [0.15, 0.2) is 18.2 Å². The molecule has 0 fully saturated rings. The molecule has 0 spiro atoms. The van der Waals surface area contributed by atoms with Gasteiger partial charge < -0.3 is 10.1 Å². The summed E-state index contributed by atoms with van der Waals surface area (Å²) in [6, 6.07) is 4.84. The summed E-state index contributed by atoms with van der Waals surface area (Å²) in [5.41, 5.74) is 0.837. The molecule has 1 atom stereocenters. The van der Waals surface area contributed by atoms with Crippen LogP contribution in [0.25, 0.3) is 0 Å². The van der Waals surface area contributed by atoms with Crippen LogP contribution >= 0.6 is 0 Å². The van der Waals surface area contributed by atoms with E-state index in [0.29, 0.717) is 6.42 Å². The minimum absolute atomic E-state index is 0.0451. The van der Waals surface area contributed by atoms with Crippen LogP contribution in [-0.2, 0) is 9.84 Å². The molecule has 0 saturated heterocycles. The van der Waals surface area contributed by atoms with Crippen molar-refractivity contribution >= 4 is 9.84 Å². The van der Waals surface area contributed by atoms with Gasteiger partial charge in [-0.2, -0.15) is 0 Å². The summed E-state index contributed by atoms with van der Waals surface area (Å²) in [5, 5.41) is 3.02. The molecule has 1 rings (SSSR count). The minimum Gasteiger partial charge on any atom is -0.490 e. The summed E-state index contributed by atoms with van der Waals surface area (Å²) in [4.78, 5) is 0. The minimum atomic E-state index is -2.99. The van der Waals surface area contributed by atoms with Crippen molar-refractivity contribution in [3.05, 3.63) is 29.6 Å². The third-order valence-electron chi connectivity index (χ3n) is 2.81. The lowest BCUT2D eigenvalue weighted by molar-refractivity contribution is 0.301. The molecular formula is C13H20FNO3S. The first-order valence-corrected chi connectivity index (χ1v) is 8.17. The smallest absolute Gasteiger partial charge is 0.165 e. The lowest BCUT2D eigenvalue weighted by atomic mass is 10.1. The van der Waals surface area contributed by atoms with Crippen molar-refractivity contribution in [2.24, 2.45) is 0 Å². The van der Waals surface area contributed by atoms with E-state index in [4.69, 9.17) is 4.74 Å². The molecule has 0 saturated carbocycles. The SMILES string of the molecule is CNC(C)c1ccc(OCCCS(C)(=O)=O)c(F)c1. The Labute approximate surface area is 113 Å². The monoisotopic (exact) mass is 289 g/mol. The standard InChI is InChI=1S/C13H20FNO3S/c1-10(15-2)11-5-6-13(12(14)9-11)18-7-4-8-19(3,16)17/h5-6,9-10,15H,4,7-8H2,1-3H3. The lowest BCUT2D eigenvalue weighted by Crippen LogP contribution is -2.13. The molecule has 108 valence electrons. The Bertz CT molecular complexity index is 517. The molecule has 0 bridgehead atoms. The van der Waals surface area contributed by atoms with Crippen molar-refractivity contribution in [2.45, 2.75) is 19.4 Å². The fourth-order valence-electron chi connectivity index (χ4n) is 1.57. The molecule has 1 aromatic rings. The summed E-state index contributed by atoms with van der Waals surface area (Å²) >= 11 is 0.